The topological polar surface area (TPSA) is 84.9 Å². The van der Waals surface area contributed by atoms with Gasteiger partial charge in [0.1, 0.15) is 16.9 Å². The van der Waals surface area contributed by atoms with E-state index in [0.29, 0.717) is 18.1 Å². The molecular formula is C16H18N2O5S2. The van der Waals surface area contributed by atoms with Crippen molar-refractivity contribution in [1.82, 2.24) is 9.62 Å². The number of ether oxygens (including phenoxy) is 2. The van der Waals surface area contributed by atoms with Gasteiger partial charge in [0, 0.05) is 7.05 Å². The lowest BCUT2D eigenvalue weighted by Crippen LogP contribution is -2.44. The first-order valence-corrected chi connectivity index (χ1v) is 9.94. The first-order chi connectivity index (χ1) is 12.0. The summed E-state index contributed by atoms with van der Waals surface area (Å²) < 4.78 is 37.1. The highest BCUT2D eigenvalue weighted by molar-refractivity contribution is 7.91. The number of hydrogen-bond donors (Lipinski definition) is 1. The Morgan fingerprint density at radius 3 is 2.76 bits per heavy atom. The number of rotatable bonds is 6. The maximum Gasteiger partial charge on any atom is 0.252 e. The van der Waals surface area contributed by atoms with Crippen molar-refractivity contribution >= 4 is 27.3 Å². The fourth-order valence-electron chi connectivity index (χ4n) is 2.30. The van der Waals surface area contributed by atoms with Gasteiger partial charge in [-0.05, 0) is 23.6 Å². The minimum atomic E-state index is -3.64. The SMILES string of the molecule is CN(CC(=O)NCC1COc2ccccc2O1)S(=O)(=O)c1cccs1. The lowest BCUT2D eigenvalue weighted by molar-refractivity contribution is -0.121. The number of para-hydroxylation sites is 2. The molecule has 1 unspecified atom stereocenters. The van der Waals surface area contributed by atoms with Crippen molar-refractivity contribution in [2.45, 2.75) is 10.3 Å². The Balaban J connectivity index is 1.50. The maximum absolute atomic E-state index is 12.3. The molecule has 2 heterocycles. The van der Waals surface area contributed by atoms with Crippen LogP contribution in [0.5, 0.6) is 11.5 Å². The lowest BCUT2D eigenvalue weighted by atomic mass is 10.2. The molecule has 0 fully saturated rings. The van der Waals surface area contributed by atoms with Gasteiger partial charge < -0.3 is 14.8 Å². The van der Waals surface area contributed by atoms with Gasteiger partial charge in [-0.25, -0.2) is 8.42 Å². The Hall–Kier alpha value is -2.10. The first-order valence-electron chi connectivity index (χ1n) is 7.62. The minimum absolute atomic E-state index is 0.212. The number of thiophene rings is 1. The maximum atomic E-state index is 12.3. The molecule has 1 aromatic heterocycles. The second-order valence-electron chi connectivity index (χ2n) is 5.49. The molecule has 9 heteroatoms. The van der Waals surface area contributed by atoms with Gasteiger partial charge in [-0.15, -0.1) is 11.3 Å². The highest BCUT2D eigenvalue weighted by Crippen LogP contribution is 2.30. The molecule has 0 aliphatic carbocycles. The van der Waals surface area contributed by atoms with Gasteiger partial charge >= 0.3 is 0 Å². The van der Waals surface area contributed by atoms with E-state index in [1.165, 1.54) is 13.1 Å². The quantitative estimate of drug-likeness (QED) is 0.815. The molecule has 0 spiro atoms. The van der Waals surface area contributed by atoms with Gasteiger partial charge in [-0.1, -0.05) is 18.2 Å². The fourth-order valence-corrected chi connectivity index (χ4v) is 4.63. The third kappa shape index (κ3) is 4.12. The zero-order valence-corrected chi connectivity index (χ0v) is 15.2. The summed E-state index contributed by atoms with van der Waals surface area (Å²) in [5, 5.41) is 4.36. The molecule has 1 aromatic carbocycles. The number of hydrogen-bond acceptors (Lipinski definition) is 6. The summed E-state index contributed by atoms with van der Waals surface area (Å²) >= 11 is 1.12. The second kappa shape index (κ2) is 7.42. The predicted molar refractivity (Wildman–Crippen MR) is 93.5 cm³/mol. The van der Waals surface area contributed by atoms with Gasteiger partial charge in [0.2, 0.25) is 5.91 Å². The monoisotopic (exact) mass is 382 g/mol. The van der Waals surface area contributed by atoms with Crippen LogP contribution in [0.2, 0.25) is 0 Å². The molecule has 2 aromatic rings. The van der Waals surface area contributed by atoms with E-state index in [4.69, 9.17) is 9.47 Å². The number of fused-ring (bicyclic) bond motifs is 1. The van der Waals surface area contributed by atoms with Gasteiger partial charge in [0.15, 0.2) is 11.5 Å². The van der Waals surface area contributed by atoms with Crippen LogP contribution in [0.1, 0.15) is 0 Å². The van der Waals surface area contributed by atoms with Crippen LogP contribution in [0.3, 0.4) is 0 Å². The lowest BCUT2D eigenvalue weighted by Gasteiger charge is -2.26. The number of sulfonamides is 1. The van der Waals surface area contributed by atoms with E-state index < -0.39 is 15.9 Å². The molecule has 3 rings (SSSR count). The summed E-state index contributed by atoms with van der Waals surface area (Å²) in [5.41, 5.74) is 0. The van der Waals surface area contributed by atoms with E-state index in [-0.39, 0.29) is 23.4 Å². The standard InChI is InChI=1S/C16H18N2O5S2/c1-18(25(20,21)16-7-4-8-24-16)10-15(19)17-9-12-11-22-13-5-2-3-6-14(13)23-12/h2-8,12H,9-11H2,1H3,(H,17,19). The van der Waals surface area contributed by atoms with Gasteiger partial charge in [0.25, 0.3) is 10.0 Å². The number of nitrogens with one attached hydrogen (secondary N) is 1. The molecule has 1 aliphatic heterocycles. The summed E-state index contributed by atoms with van der Waals surface area (Å²) in [5.74, 6) is 0.905. The number of nitrogens with zero attached hydrogens (tertiary/aromatic N) is 1. The molecule has 1 atom stereocenters. The Morgan fingerprint density at radius 2 is 2.04 bits per heavy atom. The highest BCUT2D eigenvalue weighted by atomic mass is 32.2. The summed E-state index contributed by atoms with van der Waals surface area (Å²) in [6, 6.07) is 10.5. The zero-order chi connectivity index (χ0) is 17.9. The van der Waals surface area contributed by atoms with E-state index in [0.717, 1.165) is 15.6 Å². The van der Waals surface area contributed by atoms with E-state index in [1.807, 2.05) is 18.2 Å². The van der Waals surface area contributed by atoms with E-state index in [9.17, 15) is 13.2 Å². The van der Waals surface area contributed by atoms with Crippen LogP contribution in [0.25, 0.3) is 0 Å². The Bertz CT molecular complexity index is 836. The van der Waals surface area contributed by atoms with Crippen molar-refractivity contribution in [3.63, 3.8) is 0 Å². The second-order valence-corrected chi connectivity index (χ2v) is 8.71. The van der Waals surface area contributed by atoms with Crippen molar-refractivity contribution in [1.29, 1.82) is 0 Å². The summed E-state index contributed by atoms with van der Waals surface area (Å²) in [6.45, 7) is 0.297. The molecule has 1 aliphatic rings. The van der Waals surface area contributed by atoms with Gasteiger partial charge in [0.05, 0.1) is 13.1 Å². The van der Waals surface area contributed by atoms with Crippen LogP contribution < -0.4 is 14.8 Å². The number of carbonyl (C=O) groups is 1. The predicted octanol–water partition coefficient (Wildman–Crippen LogP) is 1.32. The molecule has 0 bridgehead atoms. The van der Waals surface area contributed by atoms with Crippen molar-refractivity contribution in [3.8, 4) is 11.5 Å². The molecule has 0 saturated heterocycles. The average Bonchev–Trinajstić information content (AvgIpc) is 3.15. The largest absolute Gasteiger partial charge is 0.486 e. The molecule has 1 N–H and O–H groups in total. The fraction of sp³-hybridized carbons (Fsp3) is 0.312. The molecule has 0 radical (unpaired) electrons. The number of likely N-dealkylation sites (N-methyl/N-ethyl adjacent to an activating group) is 1. The van der Waals surface area contributed by atoms with Crippen molar-refractivity contribution < 1.29 is 22.7 Å². The number of benzene rings is 1. The van der Waals surface area contributed by atoms with Crippen LogP contribution in [-0.4, -0.2) is 51.5 Å². The Kier molecular flexibility index (Phi) is 5.26. The van der Waals surface area contributed by atoms with E-state index in [1.54, 1.807) is 17.5 Å². The van der Waals surface area contributed by atoms with Crippen LogP contribution in [-0.2, 0) is 14.8 Å². The smallest absolute Gasteiger partial charge is 0.252 e. The zero-order valence-electron chi connectivity index (χ0n) is 13.5. The minimum Gasteiger partial charge on any atom is -0.486 e. The summed E-state index contributed by atoms with van der Waals surface area (Å²) in [4.78, 5) is 12.0. The van der Waals surface area contributed by atoms with Crippen molar-refractivity contribution in [2.24, 2.45) is 0 Å². The number of amides is 1. The molecule has 134 valence electrons. The Morgan fingerprint density at radius 1 is 1.28 bits per heavy atom. The van der Waals surface area contributed by atoms with Crippen LogP contribution in [0.15, 0.2) is 46.0 Å². The highest BCUT2D eigenvalue weighted by Gasteiger charge is 2.25. The molecule has 25 heavy (non-hydrogen) atoms. The van der Waals surface area contributed by atoms with Gasteiger partial charge in [-0.3, -0.25) is 4.79 Å². The summed E-state index contributed by atoms with van der Waals surface area (Å²) in [6.07, 6.45) is -0.321. The average molecular weight is 382 g/mol. The molecule has 7 nitrogen and oxygen atoms in total. The van der Waals surface area contributed by atoms with E-state index >= 15 is 0 Å². The summed E-state index contributed by atoms with van der Waals surface area (Å²) in [7, 11) is -2.26. The number of carbonyl (C=O) groups excluding carboxylic acids is 1. The molecular weight excluding hydrogens is 364 g/mol. The first kappa shape index (κ1) is 17.7. The van der Waals surface area contributed by atoms with Crippen molar-refractivity contribution in [3.05, 3.63) is 41.8 Å². The third-order valence-electron chi connectivity index (χ3n) is 3.62. The third-order valence-corrected chi connectivity index (χ3v) is 6.80. The van der Waals surface area contributed by atoms with Gasteiger partial charge in [-0.2, -0.15) is 4.31 Å². The Labute approximate surface area is 150 Å². The normalized spacial score (nSPS) is 16.6. The van der Waals surface area contributed by atoms with Crippen LogP contribution >= 0.6 is 11.3 Å². The van der Waals surface area contributed by atoms with Crippen LogP contribution in [0.4, 0.5) is 0 Å². The molecule has 0 saturated carbocycles. The molecule has 1 amide bonds. The van der Waals surface area contributed by atoms with E-state index in [2.05, 4.69) is 5.32 Å². The van der Waals surface area contributed by atoms with Crippen LogP contribution in [0, 0.1) is 0 Å². The van der Waals surface area contributed by atoms with Crippen molar-refractivity contribution in [2.75, 3.05) is 26.7 Å².